The van der Waals surface area contributed by atoms with Gasteiger partial charge in [0.2, 0.25) is 0 Å². The Labute approximate surface area is 194 Å². The highest BCUT2D eigenvalue weighted by molar-refractivity contribution is 5.98. The number of guanidine groups is 1. The molecule has 174 valence electrons. The molecule has 0 bridgehead atoms. The molecule has 1 aliphatic rings. The summed E-state index contributed by atoms with van der Waals surface area (Å²) in [7, 11) is 1.63. The molecule has 0 aliphatic carbocycles. The highest BCUT2D eigenvalue weighted by Crippen LogP contribution is 2.36. The summed E-state index contributed by atoms with van der Waals surface area (Å²) in [5, 5.41) is 7.34. The van der Waals surface area contributed by atoms with Crippen molar-refractivity contribution in [2.24, 2.45) is 16.6 Å². The van der Waals surface area contributed by atoms with Gasteiger partial charge in [-0.1, -0.05) is 18.2 Å². The Morgan fingerprint density at radius 1 is 1.15 bits per heavy atom. The number of methoxy groups -OCH3 is 1. The van der Waals surface area contributed by atoms with Crippen molar-refractivity contribution in [3.05, 3.63) is 47.8 Å². The van der Waals surface area contributed by atoms with Gasteiger partial charge in [-0.3, -0.25) is 0 Å². The maximum absolute atomic E-state index is 6.32. The van der Waals surface area contributed by atoms with E-state index in [2.05, 4.69) is 32.5 Å². The lowest BCUT2D eigenvalue weighted by atomic mass is 9.93. The fraction of sp³-hybridized carbons (Fsp3) is 0.400. The zero-order valence-corrected chi connectivity index (χ0v) is 19.7. The predicted octanol–water partition coefficient (Wildman–Crippen LogP) is 4.08. The van der Waals surface area contributed by atoms with Crippen molar-refractivity contribution in [1.82, 2.24) is 15.3 Å². The molecule has 1 unspecified atom stereocenters. The zero-order chi connectivity index (χ0) is 23.4. The SMILES string of the molecule is COc1cc2c(N=C(N)Nc3c(C)cccc3C)ncnc2cc1OC(C)C1CCNCC1. The molecule has 2 aromatic carbocycles. The van der Waals surface area contributed by atoms with Crippen molar-refractivity contribution < 1.29 is 9.47 Å². The smallest absolute Gasteiger partial charge is 0.199 e. The summed E-state index contributed by atoms with van der Waals surface area (Å²) >= 11 is 0. The van der Waals surface area contributed by atoms with Crippen LogP contribution in [-0.2, 0) is 0 Å². The van der Waals surface area contributed by atoms with E-state index in [1.54, 1.807) is 7.11 Å². The molecule has 1 aliphatic heterocycles. The Bertz CT molecular complexity index is 1140. The number of nitrogens with two attached hydrogens (primary N) is 1. The summed E-state index contributed by atoms with van der Waals surface area (Å²) in [4.78, 5) is 13.3. The third-order valence-electron chi connectivity index (χ3n) is 6.22. The third kappa shape index (κ3) is 5.17. The van der Waals surface area contributed by atoms with E-state index in [4.69, 9.17) is 15.2 Å². The van der Waals surface area contributed by atoms with Gasteiger partial charge in [0.05, 0.1) is 18.7 Å². The van der Waals surface area contributed by atoms with Crippen molar-refractivity contribution in [2.75, 3.05) is 25.5 Å². The second kappa shape index (κ2) is 10.0. The van der Waals surface area contributed by atoms with Crippen molar-refractivity contribution in [3.63, 3.8) is 0 Å². The van der Waals surface area contributed by atoms with Gasteiger partial charge in [0.1, 0.15) is 6.33 Å². The summed E-state index contributed by atoms with van der Waals surface area (Å²) in [6, 6.07) is 9.82. The lowest BCUT2D eigenvalue weighted by molar-refractivity contribution is 0.124. The number of hydrogen-bond donors (Lipinski definition) is 3. The van der Waals surface area contributed by atoms with E-state index in [-0.39, 0.29) is 12.1 Å². The second-order valence-corrected chi connectivity index (χ2v) is 8.52. The maximum atomic E-state index is 6.32. The average molecular weight is 449 g/mol. The molecule has 1 aromatic heterocycles. The molecule has 4 N–H and O–H groups in total. The van der Waals surface area contributed by atoms with Crippen LogP contribution < -0.4 is 25.8 Å². The number of piperidine rings is 1. The first-order valence-electron chi connectivity index (χ1n) is 11.3. The van der Waals surface area contributed by atoms with Gasteiger partial charge >= 0.3 is 0 Å². The topological polar surface area (TPSA) is 107 Å². The van der Waals surface area contributed by atoms with Crippen LogP contribution in [0.4, 0.5) is 11.5 Å². The lowest BCUT2D eigenvalue weighted by Gasteiger charge is -2.29. The number of rotatable bonds is 6. The van der Waals surface area contributed by atoms with Crippen LogP contribution in [-0.4, -0.2) is 42.2 Å². The van der Waals surface area contributed by atoms with Gasteiger partial charge in [-0.2, -0.15) is 4.99 Å². The van der Waals surface area contributed by atoms with Crippen LogP contribution >= 0.6 is 0 Å². The first-order chi connectivity index (χ1) is 16.0. The molecule has 4 rings (SSSR count). The van der Waals surface area contributed by atoms with E-state index in [9.17, 15) is 0 Å². The lowest BCUT2D eigenvalue weighted by Crippen LogP contribution is -2.35. The predicted molar refractivity (Wildman–Crippen MR) is 133 cm³/mol. The molecule has 8 nitrogen and oxygen atoms in total. The van der Waals surface area contributed by atoms with Crippen molar-refractivity contribution in [2.45, 2.75) is 39.7 Å². The molecule has 8 heteroatoms. The summed E-state index contributed by atoms with van der Waals surface area (Å²) in [6.45, 7) is 8.23. The Morgan fingerprint density at radius 3 is 2.58 bits per heavy atom. The van der Waals surface area contributed by atoms with E-state index in [1.807, 2.05) is 44.2 Å². The number of para-hydroxylation sites is 1. The van der Waals surface area contributed by atoms with E-state index < -0.39 is 0 Å². The highest BCUT2D eigenvalue weighted by atomic mass is 16.5. The highest BCUT2D eigenvalue weighted by Gasteiger charge is 2.23. The Hall–Kier alpha value is -3.39. The average Bonchev–Trinajstić information content (AvgIpc) is 2.82. The Kier molecular flexibility index (Phi) is 6.93. The molecule has 1 saturated heterocycles. The van der Waals surface area contributed by atoms with Crippen LogP contribution in [0.3, 0.4) is 0 Å². The normalized spacial score (nSPS) is 15.9. The standard InChI is InChI=1S/C25H32N6O2/c1-15-6-5-7-16(2)23(15)30-25(26)31-24-19-12-21(32-4)22(13-20(19)28-14-29-24)33-17(3)18-8-10-27-11-9-18/h5-7,12-14,17-18,27H,8-11H2,1-4H3,(H3,26,28,29,30,31). The van der Waals surface area contributed by atoms with Crippen LogP contribution in [0.1, 0.15) is 30.9 Å². The summed E-state index contributed by atoms with van der Waals surface area (Å²) in [5.41, 5.74) is 10.1. The van der Waals surface area contributed by atoms with Gasteiger partial charge in [-0.05, 0) is 69.8 Å². The molecule has 0 spiro atoms. The van der Waals surface area contributed by atoms with Gasteiger partial charge in [0, 0.05) is 17.1 Å². The third-order valence-corrected chi connectivity index (χ3v) is 6.22. The van der Waals surface area contributed by atoms with Gasteiger partial charge < -0.3 is 25.8 Å². The first kappa shape index (κ1) is 22.8. The second-order valence-electron chi connectivity index (χ2n) is 8.52. The number of nitrogens with zero attached hydrogens (tertiary/aromatic N) is 3. The zero-order valence-electron chi connectivity index (χ0n) is 19.7. The first-order valence-corrected chi connectivity index (χ1v) is 11.3. The number of hydrogen-bond acceptors (Lipinski definition) is 6. The van der Waals surface area contributed by atoms with Crippen LogP contribution in [0.25, 0.3) is 10.9 Å². The van der Waals surface area contributed by atoms with E-state index >= 15 is 0 Å². The molecule has 1 fully saturated rings. The van der Waals surface area contributed by atoms with E-state index in [1.165, 1.54) is 6.33 Å². The van der Waals surface area contributed by atoms with Crippen molar-refractivity contribution >= 4 is 28.4 Å². The quantitative estimate of drug-likeness (QED) is 0.385. The van der Waals surface area contributed by atoms with Crippen LogP contribution in [0, 0.1) is 19.8 Å². The number of nitrogens with one attached hydrogen (secondary N) is 2. The molecule has 2 heterocycles. The largest absolute Gasteiger partial charge is 0.493 e. The minimum absolute atomic E-state index is 0.0787. The number of fused-ring (bicyclic) bond motifs is 1. The van der Waals surface area contributed by atoms with Gasteiger partial charge in [-0.15, -0.1) is 0 Å². The maximum Gasteiger partial charge on any atom is 0.199 e. The summed E-state index contributed by atoms with van der Waals surface area (Å²) in [6.07, 6.45) is 3.77. The van der Waals surface area contributed by atoms with Crippen molar-refractivity contribution in [1.29, 1.82) is 0 Å². The van der Waals surface area contributed by atoms with Crippen LogP contribution in [0.5, 0.6) is 11.5 Å². The van der Waals surface area contributed by atoms with Crippen molar-refractivity contribution in [3.8, 4) is 11.5 Å². The van der Waals surface area contributed by atoms with Gasteiger partial charge in [-0.25, -0.2) is 9.97 Å². The van der Waals surface area contributed by atoms with E-state index in [0.29, 0.717) is 23.2 Å². The number of ether oxygens (including phenoxy) is 2. The molecule has 0 amide bonds. The molecule has 1 atom stereocenters. The molecule has 0 radical (unpaired) electrons. The van der Waals surface area contributed by atoms with E-state index in [0.717, 1.165) is 53.6 Å². The monoisotopic (exact) mass is 448 g/mol. The Balaban J connectivity index is 1.63. The molecular formula is C25H32N6O2. The fourth-order valence-corrected chi connectivity index (χ4v) is 4.28. The van der Waals surface area contributed by atoms with Crippen LogP contribution in [0.15, 0.2) is 41.7 Å². The van der Waals surface area contributed by atoms with Gasteiger partial charge in [0.25, 0.3) is 0 Å². The number of aliphatic imine (C=N–C) groups is 1. The fourth-order valence-electron chi connectivity index (χ4n) is 4.28. The molecule has 33 heavy (non-hydrogen) atoms. The van der Waals surface area contributed by atoms with Gasteiger partial charge in [0.15, 0.2) is 23.3 Å². The van der Waals surface area contributed by atoms with Crippen LogP contribution in [0.2, 0.25) is 0 Å². The molecule has 3 aromatic rings. The molecule has 0 saturated carbocycles. The number of anilines is 1. The molecular weight excluding hydrogens is 416 g/mol. The number of benzene rings is 2. The number of aromatic nitrogens is 2. The minimum Gasteiger partial charge on any atom is -0.493 e. The summed E-state index contributed by atoms with van der Waals surface area (Å²) < 4.78 is 12.0. The minimum atomic E-state index is 0.0787. The Morgan fingerprint density at radius 2 is 1.88 bits per heavy atom. The summed E-state index contributed by atoms with van der Waals surface area (Å²) in [5.74, 6) is 2.52. The number of aryl methyl sites for hydroxylation is 2.